The molecule has 0 aliphatic heterocycles. The van der Waals surface area contributed by atoms with Crippen molar-refractivity contribution >= 4 is 45.5 Å². The Hall–Kier alpha value is -2.37. The molecule has 0 unspecified atom stereocenters. The predicted molar refractivity (Wildman–Crippen MR) is 109 cm³/mol. The van der Waals surface area contributed by atoms with Gasteiger partial charge in [0.2, 0.25) is 0 Å². The highest BCUT2D eigenvalue weighted by Crippen LogP contribution is 2.12. The Morgan fingerprint density at radius 1 is 0.920 bits per heavy atom. The van der Waals surface area contributed by atoms with Crippen LogP contribution in [0.15, 0.2) is 78.3 Å². The number of benzene rings is 2. The van der Waals surface area contributed by atoms with Gasteiger partial charge < -0.3 is 0 Å². The van der Waals surface area contributed by atoms with Crippen molar-refractivity contribution in [1.82, 2.24) is 9.97 Å². The first-order valence-corrected chi connectivity index (χ1v) is 8.46. The number of hydrogen-bond acceptors (Lipinski definition) is 4. The van der Waals surface area contributed by atoms with Crippen molar-refractivity contribution < 1.29 is 4.79 Å². The van der Waals surface area contributed by atoms with Gasteiger partial charge >= 0.3 is 0 Å². The minimum atomic E-state index is 0. The SMILES string of the molecule is Br.O=Cc1nc(Cc2ccccc2)cs1.c1ccc2ncccc2c1. The van der Waals surface area contributed by atoms with Gasteiger partial charge in [-0.1, -0.05) is 54.6 Å². The second kappa shape index (κ2) is 9.81. The number of hydrogen-bond donors (Lipinski definition) is 0. The largest absolute Gasteiger partial charge is 0.295 e. The highest BCUT2D eigenvalue weighted by atomic mass is 79.9. The number of carbonyl (C=O) groups excluding carboxylic acids is 1. The molecule has 0 saturated carbocycles. The van der Waals surface area contributed by atoms with Crippen molar-refractivity contribution in [3.05, 3.63) is 94.6 Å². The number of fused-ring (bicyclic) bond motifs is 1. The summed E-state index contributed by atoms with van der Waals surface area (Å²) in [5.74, 6) is 0. The molecule has 4 aromatic rings. The first-order valence-electron chi connectivity index (χ1n) is 7.58. The van der Waals surface area contributed by atoms with Crippen molar-refractivity contribution in [2.75, 3.05) is 0 Å². The molecule has 2 heterocycles. The first-order chi connectivity index (χ1) is 11.8. The lowest BCUT2D eigenvalue weighted by Gasteiger charge is -1.95. The van der Waals surface area contributed by atoms with Gasteiger partial charge in [-0.25, -0.2) is 4.98 Å². The van der Waals surface area contributed by atoms with E-state index in [1.807, 2.05) is 54.0 Å². The molecular formula is C20H17BrN2OS. The normalized spacial score (nSPS) is 9.60. The molecule has 0 fully saturated rings. The number of rotatable bonds is 3. The quantitative estimate of drug-likeness (QED) is 0.425. The fourth-order valence-electron chi connectivity index (χ4n) is 2.28. The van der Waals surface area contributed by atoms with Crippen LogP contribution in [-0.2, 0) is 6.42 Å². The van der Waals surface area contributed by atoms with Crippen molar-refractivity contribution in [2.24, 2.45) is 0 Å². The van der Waals surface area contributed by atoms with E-state index in [0.717, 1.165) is 23.9 Å². The van der Waals surface area contributed by atoms with E-state index < -0.39 is 0 Å². The molecule has 25 heavy (non-hydrogen) atoms. The van der Waals surface area contributed by atoms with Gasteiger partial charge in [0.15, 0.2) is 11.3 Å². The summed E-state index contributed by atoms with van der Waals surface area (Å²) >= 11 is 1.39. The van der Waals surface area contributed by atoms with E-state index >= 15 is 0 Å². The second-order valence-corrected chi connectivity index (χ2v) is 6.04. The molecule has 126 valence electrons. The molecule has 0 spiro atoms. The fraction of sp³-hybridized carbons (Fsp3) is 0.0500. The number of carbonyl (C=O) groups is 1. The van der Waals surface area contributed by atoms with Crippen molar-refractivity contribution in [1.29, 1.82) is 0 Å². The third-order valence-corrected chi connectivity index (χ3v) is 4.23. The van der Waals surface area contributed by atoms with Crippen molar-refractivity contribution in [2.45, 2.75) is 6.42 Å². The number of nitrogens with zero attached hydrogens (tertiary/aromatic N) is 2. The van der Waals surface area contributed by atoms with E-state index in [0.29, 0.717) is 5.01 Å². The Bertz CT molecular complexity index is 860. The van der Waals surface area contributed by atoms with Crippen LogP contribution in [0.3, 0.4) is 0 Å². The van der Waals surface area contributed by atoms with Crippen LogP contribution in [-0.4, -0.2) is 16.3 Å². The lowest BCUT2D eigenvalue weighted by molar-refractivity contribution is 0.112. The topological polar surface area (TPSA) is 42.9 Å². The zero-order chi connectivity index (χ0) is 16.6. The highest BCUT2D eigenvalue weighted by Gasteiger charge is 2.01. The number of para-hydroxylation sites is 1. The molecule has 4 rings (SSSR count). The van der Waals surface area contributed by atoms with Crippen LogP contribution in [0.1, 0.15) is 21.1 Å². The van der Waals surface area contributed by atoms with Gasteiger partial charge in [0, 0.05) is 23.4 Å². The van der Waals surface area contributed by atoms with Crippen molar-refractivity contribution in [3.8, 4) is 0 Å². The van der Waals surface area contributed by atoms with E-state index in [9.17, 15) is 4.79 Å². The van der Waals surface area contributed by atoms with E-state index in [4.69, 9.17) is 0 Å². The van der Waals surface area contributed by atoms with Gasteiger partial charge in [0.25, 0.3) is 0 Å². The van der Waals surface area contributed by atoms with E-state index in [1.54, 1.807) is 0 Å². The molecule has 0 amide bonds. The Balaban J connectivity index is 0.000000182. The van der Waals surface area contributed by atoms with Crippen LogP contribution in [0.2, 0.25) is 0 Å². The summed E-state index contributed by atoms with van der Waals surface area (Å²) in [6, 6.07) is 22.2. The Morgan fingerprint density at radius 2 is 1.64 bits per heavy atom. The molecule has 0 N–H and O–H groups in total. The average Bonchev–Trinajstić information content (AvgIpc) is 3.11. The van der Waals surface area contributed by atoms with Gasteiger partial charge in [-0.05, 0) is 17.7 Å². The van der Waals surface area contributed by atoms with Crippen LogP contribution in [0.25, 0.3) is 10.9 Å². The Kier molecular flexibility index (Phi) is 7.44. The summed E-state index contributed by atoms with van der Waals surface area (Å²) in [7, 11) is 0. The molecule has 0 saturated heterocycles. The zero-order valence-corrected chi connectivity index (χ0v) is 15.9. The maximum Gasteiger partial charge on any atom is 0.178 e. The molecule has 0 aliphatic rings. The number of aldehydes is 1. The van der Waals surface area contributed by atoms with Gasteiger partial charge in [0.05, 0.1) is 11.2 Å². The second-order valence-electron chi connectivity index (χ2n) is 5.15. The molecule has 2 aromatic carbocycles. The zero-order valence-electron chi connectivity index (χ0n) is 13.4. The summed E-state index contributed by atoms with van der Waals surface area (Å²) in [5, 5.41) is 3.68. The van der Waals surface area contributed by atoms with E-state index in [2.05, 4.69) is 34.2 Å². The summed E-state index contributed by atoms with van der Waals surface area (Å²) in [4.78, 5) is 18.8. The minimum absolute atomic E-state index is 0. The van der Waals surface area contributed by atoms with Crippen LogP contribution < -0.4 is 0 Å². The van der Waals surface area contributed by atoms with E-state index in [-0.39, 0.29) is 17.0 Å². The van der Waals surface area contributed by atoms with E-state index in [1.165, 1.54) is 22.3 Å². The fourth-order valence-corrected chi connectivity index (χ4v) is 2.90. The summed E-state index contributed by atoms with van der Waals surface area (Å²) in [6.45, 7) is 0. The number of aromatic nitrogens is 2. The molecule has 0 atom stereocenters. The van der Waals surface area contributed by atoms with Gasteiger partial charge in [-0.15, -0.1) is 28.3 Å². The van der Waals surface area contributed by atoms with Crippen molar-refractivity contribution in [3.63, 3.8) is 0 Å². The average molecular weight is 413 g/mol. The first kappa shape index (κ1) is 19.0. The Morgan fingerprint density at radius 3 is 2.36 bits per heavy atom. The van der Waals surface area contributed by atoms with Gasteiger partial charge in [-0.3, -0.25) is 9.78 Å². The summed E-state index contributed by atoms with van der Waals surface area (Å²) in [6.07, 6.45) is 3.40. The van der Waals surface area contributed by atoms with Crippen LogP contribution in [0.4, 0.5) is 0 Å². The molecular weight excluding hydrogens is 396 g/mol. The van der Waals surface area contributed by atoms with Gasteiger partial charge in [-0.2, -0.15) is 0 Å². The lowest BCUT2D eigenvalue weighted by Crippen LogP contribution is -1.88. The highest BCUT2D eigenvalue weighted by molar-refractivity contribution is 8.93. The molecule has 0 bridgehead atoms. The number of thiazole rings is 1. The Labute approximate surface area is 161 Å². The summed E-state index contributed by atoms with van der Waals surface area (Å²) < 4.78 is 0. The predicted octanol–water partition coefficient (Wildman–Crippen LogP) is 5.36. The van der Waals surface area contributed by atoms with Gasteiger partial charge in [0.1, 0.15) is 0 Å². The maximum absolute atomic E-state index is 10.4. The third kappa shape index (κ3) is 5.59. The minimum Gasteiger partial charge on any atom is -0.295 e. The van der Waals surface area contributed by atoms with Crippen LogP contribution in [0.5, 0.6) is 0 Å². The summed E-state index contributed by atoms with van der Waals surface area (Å²) in [5.41, 5.74) is 3.24. The maximum atomic E-state index is 10.4. The molecule has 3 nitrogen and oxygen atoms in total. The third-order valence-electron chi connectivity index (χ3n) is 3.41. The lowest BCUT2D eigenvalue weighted by atomic mass is 10.1. The molecule has 5 heteroatoms. The smallest absolute Gasteiger partial charge is 0.178 e. The number of pyridine rings is 1. The monoisotopic (exact) mass is 412 g/mol. The molecule has 0 radical (unpaired) electrons. The van der Waals surface area contributed by atoms with Crippen LogP contribution in [0, 0.1) is 0 Å². The standard InChI is InChI=1S/C11H9NOS.C9H7N.BrH/c13-7-11-12-10(8-14-11)6-9-4-2-1-3-5-9;1-2-6-9-8(4-1)5-3-7-10-9;/h1-5,7-8H,6H2;1-7H;1H. The van der Waals surface area contributed by atoms with Crippen LogP contribution >= 0.6 is 28.3 Å². The molecule has 0 aliphatic carbocycles. The number of halogens is 1. The molecule has 2 aromatic heterocycles.